The molecule has 8 nitrogen and oxygen atoms in total. The van der Waals surface area contributed by atoms with Gasteiger partial charge in [-0.1, -0.05) is 0 Å². The van der Waals surface area contributed by atoms with Gasteiger partial charge in [0.15, 0.2) is 12.5 Å². The van der Waals surface area contributed by atoms with Crippen molar-refractivity contribution in [1.82, 2.24) is 10.3 Å². The Morgan fingerprint density at radius 3 is 2.52 bits per heavy atom. The van der Waals surface area contributed by atoms with Gasteiger partial charge in [0.05, 0.1) is 11.7 Å². The summed E-state index contributed by atoms with van der Waals surface area (Å²) in [4.78, 5) is 24.4. The standard InChI is InChI=1S/C19H24F5N5O2.CH2O.2H2/c1-11(13-6-7-27-16(8-13)28-9-12-2-3-12)29-17(30)14(25)4-5-15(26)31-10-18(20,21)19(22,23)24;1-2;;/h4-8,11-12H,2-3,9-10,25-26H2,1H3,(H,27,28)(H,29,30);1H2;2*1H/b14-4-,15-5+;;;. The number of carbonyl (C=O) groups excluding carboxylic acids is 2. The SMILES string of the molecule is C=O.CC(NC(=O)/C(N)=C/C=C(\N)OCC(F)(F)C(F)(F)F)c1ccnc(NCC2CC2)c1.[HH].[HH]. The predicted molar refractivity (Wildman–Crippen MR) is 115 cm³/mol. The monoisotopic (exact) mass is 483 g/mol. The van der Waals surface area contributed by atoms with Crippen molar-refractivity contribution in [3.05, 3.63) is 47.6 Å². The van der Waals surface area contributed by atoms with E-state index in [2.05, 4.69) is 20.4 Å². The number of ether oxygens (including phenoxy) is 1. The minimum absolute atomic E-state index is 0. The van der Waals surface area contributed by atoms with Crippen molar-refractivity contribution < 1.29 is 39.1 Å². The molecule has 1 atom stereocenters. The first-order valence-electron chi connectivity index (χ1n) is 9.69. The molecule has 0 bridgehead atoms. The van der Waals surface area contributed by atoms with Gasteiger partial charge in [-0.2, -0.15) is 22.0 Å². The number of rotatable bonds is 10. The average molecular weight is 483 g/mol. The van der Waals surface area contributed by atoms with Gasteiger partial charge in [-0.15, -0.1) is 0 Å². The van der Waals surface area contributed by atoms with Crippen molar-refractivity contribution in [2.75, 3.05) is 18.5 Å². The number of alkyl halides is 5. The van der Waals surface area contributed by atoms with Crippen LogP contribution in [0, 0.1) is 5.92 Å². The average Bonchev–Trinajstić information content (AvgIpc) is 3.60. The van der Waals surface area contributed by atoms with Crippen molar-refractivity contribution in [2.45, 2.75) is 37.9 Å². The van der Waals surface area contributed by atoms with E-state index >= 15 is 0 Å². The minimum Gasteiger partial charge on any atom is -0.473 e. The normalized spacial score (nSPS) is 15.7. The highest BCUT2D eigenvalue weighted by Gasteiger charge is 2.58. The van der Waals surface area contributed by atoms with Crippen LogP contribution in [0.15, 0.2) is 42.1 Å². The molecule has 1 aromatic rings. The molecule has 0 aliphatic heterocycles. The molecular weight excluding hydrogens is 453 g/mol. The number of allylic oxidation sites excluding steroid dienone is 2. The highest BCUT2D eigenvalue weighted by molar-refractivity contribution is 5.93. The molecule has 1 fully saturated rings. The summed E-state index contributed by atoms with van der Waals surface area (Å²) < 4.78 is 66.1. The summed E-state index contributed by atoms with van der Waals surface area (Å²) in [6.07, 6.45) is -0.0158. The lowest BCUT2D eigenvalue weighted by atomic mass is 10.1. The van der Waals surface area contributed by atoms with E-state index in [1.165, 1.54) is 12.8 Å². The molecule has 13 heteroatoms. The molecule has 1 aliphatic carbocycles. The van der Waals surface area contributed by atoms with E-state index in [0.717, 1.165) is 24.3 Å². The Morgan fingerprint density at radius 2 is 1.94 bits per heavy atom. The lowest BCUT2D eigenvalue weighted by Crippen LogP contribution is -2.41. The fourth-order valence-corrected chi connectivity index (χ4v) is 2.30. The van der Waals surface area contributed by atoms with Gasteiger partial charge in [0, 0.05) is 15.6 Å². The smallest absolute Gasteiger partial charge is 0.456 e. The van der Waals surface area contributed by atoms with E-state index in [9.17, 15) is 26.7 Å². The van der Waals surface area contributed by atoms with Crippen LogP contribution in [0.3, 0.4) is 0 Å². The number of anilines is 1. The van der Waals surface area contributed by atoms with Crippen molar-refractivity contribution in [1.29, 1.82) is 0 Å². The molecule has 1 aliphatic rings. The van der Waals surface area contributed by atoms with Crippen LogP contribution in [0.1, 0.15) is 34.2 Å². The van der Waals surface area contributed by atoms with Gasteiger partial charge in [0.1, 0.15) is 12.6 Å². The number of nitrogens with one attached hydrogen (secondary N) is 2. The maximum Gasteiger partial charge on any atom is 0.456 e. The minimum atomic E-state index is -5.77. The predicted octanol–water partition coefficient (Wildman–Crippen LogP) is 3.24. The second-order valence-electron chi connectivity index (χ2n) is 7.18. The molecule has 188 valence electrons. The second-order valence-corrected chi connectivity index (χ2v) is 7.18. The molecule has 0 aromatic carbocycles. The first-order chi connectivity index (χ1) is 15.4. The fraction of sp³-hybridized carbons (Fsp3) is 0.450. The van der Waals surface area contributed by atoms with E-state index in [4.69, 9.17) is 16.3 Å². The first-order valence-corrected chi connectivity index (χ1v) is 9.69. The third-order valence-corrected chi connectivity index (χ3v) is 4.42. The van der Waals surface area contributed by atoms with E-state index in [-0.39, 0.29) is 8.55 Å². The molecule has 1 aromatic heterocycles. The number of pyridine rings is 1. The lowest BCUT2D eigenvalue weighted by Gasteiger charge is -2.19. The number of carbonyl (C=O) groups is 2. The Bertz CT molecular complexity index is 868. The van der Waals surface area contributed by atoms with Crippen LogP contribution >= 0.6 is 0 Å². The molecular formula is C20H30F5N5O3. The van der Waals surface area contributed by atoms with Crippen LogP contribution in [0.4, 0.5) is 27.8 Å². The summed E-state index contributed by atoms with van der Waals surface area (Å²) >= 11 is 0. The molecule has 0 saturated heterocycles. The Hall–Kier alpha value is -3.38. The molecule has 1 unspecified atom stereocenters. The Kier molecular flexibility index (Phi) is 10.1. The molecule has 1 saturated carbocycles. The second kappa shape index (κ2) is 12.0. The largest absolute Gasteiger partial charge is 0.473 e. The van der Waals surface area contributed by atoms with Crippen LogP contribution < -0.4 is 22.1 Å². The van der Waals surface area contributed by atoms with Crippen molar-refractivity contribution >= 4 is 18.5 Å². The topological polar surface area (TPSA) is 132 Å². The van der Waals surface area contributed by atoms with Crippen LogP contribution in [0.25, 0.3) is 0 Å². The van der Waals surface area contributed by atoms with Gasteiger partial charge in [0.25, 0.3) is 5.91 Å². The summed E-state index contributed by atoms with van der Waals surface area (Å²) in [6, 6.07) is 3.08. The lowest BCUT2D eigenvalue weighted by molar-refractivity contribution is -0.293. The number of hydrogen-bond acceptors (Lipinski definition) is 7. The van der Waals surface area contributed by atoms with E-state index in [0.29, 0.717) is 11.7 Å². The number of nitrogens with zero attached hydrogens (tertiary/aromatic N) is 1. The van der Waals surface area contributed by atoms with Gasteiger partial charge in [-0.05, 0) is 55.5 Å². The van der Waals surface area contributed by atoms with Crippen LogP contribution in [0.2, 0.25) is 0 Å². The summed E-state index contributed by atoms with van der Waals surface area (Å²) in [5.41, 5.74) is 11.3. The van der Waals surface area contributed by atoms with Gasteiger partial charge >= 0.3 is 12.1 Å². The number of aromatic nitrogens is 1. The number of amides is 1. The Morgan fingerprint density at radius 1 is 1.30 bits per heavy atom. The summed E-state index contributed by atoms with van der Waals surface area (Å²) in [5, 5.41) is 5.86. The Balaban J connectivity index is 0. The zero-order valence-corrected chi connectivity index (χ0v) is 17.8. The fourth-order valence-electron chi connectivity index (χ4n) is 2.30. The van der Waals surface area contributed by atoms with Crippen LogP contribution in [-0.2, 0) is 14.3 Å². The first kappa shape index (κ1) is 27.7. The highest BCUT2D eigenvalue weighted by atomic mass is 19.4. The third kappa shape index (κ3) is 9.33. The molecule has 2 rings (SSSR count). The molecule has 1 amide bonds. The van der Waals surface area contributed by atoms with Gasteiger partial charge in [-0.3, -0.25) is 4.79 Å². The maximum absolute atomic E-state index is 12.8. The van der Waals surface area contributed by atoms with Gasteiger partial charge in [0.2, 0.25) is 0 Å². The number of nitrogens with two attached hydrogens (primary N) is 2. The molecule has 1 heterocycles. The molecule has 33 heavy (non-hydrogen) atoms. The summed E-state index contributed by atoms with van der Waals surface area (Å²) in [6.45, 7) is 2.56. The van der Waals surface area contributed by atoms with Crippen LogP contribution in [-0.4, -0.2) is 42.9 Å². The van der Waals surface area contributed by atoms with Crippen molar-refractivity contribution in [2.24, 2.45) is 17.4 Å². The van der Waals surface area contributed by atoms with E-state index in [1.54, 1.807) is 25.3 Å². The number of hydrogen-bond donors (Lipinski definition) is 4. The molecule has 6 N–H and O–H groups in total. The quantitative estimate of drug-likeness (QED) is 0.174. The summed E-state index contributed by atoms with van der Waals surface area (Å²) in [5.74, 6) is -5.17. The zero-order chi connectivity index (χ0) is 25.2. The van der Waals surface area contributed by atoms with E-state index in [1.807, 2.05) is 6.79 Å². The van der Waals surface area contributed by atoms with Gasteiger partial charge < -0.3 is 31.6 Å². The van der Waals surface area contributed by atoms with Gasteiger partial charge in [-0.25, -0.2) is 4.98 Å². The Labute approximate surface area is 190 Å². The van der Waals surface area contributed by atoms with Crippen molar-refractivity contribution in [3.8, 4) is 0 Å². The maximum atomic E-state index is 12.8. The highest BCUT2D eigenvalue weighted by Crippen LogP contribution is 2.35. The number of halogens is 5. The molecule has 0 spiro atoms. The summed E-state index contributed by atoms with van der Waals surface area (Å²) in [7, 11) is 0. The van der Waals surface area contributed by atoms with E-state index < -0.39 is 36.5 Å². The van der Waals surface area contributed by atoms with Crippen molar-refractivity contribution in [3.63, 3.8) is 0 Å². The van der Waals surface area contributed by atoms with Crippen LogP contribution in [0.5, 0.6) is 0 Å². The third-order valence-electron chi connectivity index (χ3n) is 4.42. The molecule has 0 radical (unpaired) electrons. The zero-order valence-electron chi connectivity index (χ0n) is 17.8.